The minimum Gasteiger partial charge on any atom is -0.447 e. The van der Waals surface area contributed by atoms with Crippen LogP contribution in [0, 0.1) is 17.8 Å². The first-order valence-electron chi connectivity index (χ1n) is 8.11. The van der Waals surface area contributed by atoms with Gasteiger partial charge in [0.15, 0.2) is 6.10 Å². The summed E-state index contributed by atoms with van der Waals surface area (Å²) in [6.45, 7) is 9.50. The van der Waals surface area contributed by atoms with E-state index in [-0.39, 0.29) is 17.5 Å². The number of carbonyl (C=O) groups excluding carboxylic acids is 2. The zero-order valence-corrected chi connectivity index (χ0v) is 14.9. The number of amides is 1. The molecule has 1 amide bonds. The summed E-state index contributed by atoms with van der Waals surface area (Å²) in [5.41, 5.74) is 0.258. The molecule has 0 aromatic carbocycles. The molecule has 1 saturated heterocycles. The summed E-state index contributed by atoms with van der Waals surface area (Å²) in [6, 6.07) is 1.50. The molecule has 0 aliphatic carbocycles. The molecular formula is C17H25ClN2O3. The third-order valence-corrected chi connectivity index (χ3v) is 4.35. The first kappa shape index (κ1) is 17.9. The highest BCUT2D eigenvalue weighted by Crippen LogP contribution is 2.23. The number of esters is 1. The van der Waals surface area contributed by atoms with E-state index in [1.54, 1.807) is 0 Å². The normalized spacial score (nSPS) is 23.0. The van der Waals surface area contributed by atoms with Crippen molar-refractivity contribution < 1.29 is 14.3 Å². The largest absolute Gasteiger partial charge is 0.447 e. The van der Waals surface area contributed by atoms with E-state index in [0.29, 0.717) is 16.9 Å². The Morgan fingerprint density at radius 2 is 1.91 bits per heavy atom. The number of ether oxygens (including phenoxy) is 1. The summed E-state index contributed by atoms with van der Waals surface area (Å²) < 4.78 is 5.48. The number of aromatic amines is 1. The fourth-order valence-corrected chi connectivity index (χ4v) is 3.32. The zero-order valence-electron chi connectivity index (χ0n) is 14.1. The Hall–Kier alpha value is -1.49. The summed E-state index contributed by atoms with van der Waals surface area (Å²) >= 11 is 5.81. The van der Waals surface area contributed by atoms with E-state index in [2.05, 4.69) is 18.8 Å². The maximum Gasteiger partial charge on any atom is 0.355 e. The second-order valence-electron chi connectivity index (χ2n) is 6.99. The lowest BCUT2D eigenvalue weighted by Crippen LogP contribution is -2.49. The number of hydrogen-bond acceptors (Lipinski definition) is 3. The van der Waals surface area contributed by atoms with Crippen LogP contribution in [0.1, 0.15) is 44.6 Å². The monoisotopic (exact) mass is 340 g/mol. The van der Waals surface area contributed by atoms with Crippen molar-refractivity contribution in [2.24, 2.45) is 17.8 Å². The molecule has 0 spiro atoms. The molecular weight excluding hydrogens is 316 g/mol. The van der Waals surface area contributed by atoms with Crippen molar-refractivity contribution in [3.63, 3.8) is 0 Å². The molecule has 1 N–H and O–H groups in total. The van der Waals surface area contributed by atoms with Gasteiger partial charge in [0.2, 0.25) is 0 Å². The molecule has 1 aliphatic heterocycles. The predicted molar refractivity (Wildman–Crippen MR) is 89.4 cm³/mol. The van der Waals surface area contributed by atoms with E-state index in [4.69, 9.17) is 16.3 Å². The van der Waals surface area contributed by atoms with Crippen LogP contribution in [0.3, 0.4) is 0 Å². The van der Waals surface area contributed by atoms with Crippen LogP contribution in [0.5, 0.6) is 0 Å². The van der Waals surface area contributed by atoms with Crippen LogP contribution in [0.2, 0.25) is 5.02 Å². The molecule has 2 heterocycles. The summed E-state index contributed by atoms with van der Waals surface area (Å²) in [5, 5.41) is 0.433. The molecule has 6 heteroatoms. The van der Waals surface area contributed by atoms with Gasteiger partial charge in [-0.25, -0.2) is 4.79 Å². The number of carbonyl (C=O) groups is 2. The number of nitrogens with zero attached hydrogens (tertiary/aromatic N) is 1. The van der Waals surface area contributed by atoms with Crippen LogP contribution >= 0.6 is 11.6 Å². The molecule has 1 fully saturated rings. The van der Waals surface area contributed by atoms with E-state index in [0.717, 1.165) is 19.5 Å². The van der Waals surface area contributed by atoms with Crippen molar-refractivity contribution in [3.05, 3.63) is 23.0 Å². The van der Waals surface area contributed by atoms with E-state index >= 15 is 0 Å². The second-order valence-corrected chi connectivity index (χ2v) is 7.43. The molecule has 3 unspecified atom stereocenters. The number of piperidine rings is 1. The van der Waals surface area contributed by atoms with Gasteiger partial charge in [0.1, 0.15) is 5.69 Å². The molecule has 0 saturated carbocycles. The van der Waals surface area contributed by atoms with Crippen LogP contribution in [0.25, 0.3) is 0 Å². The third kappa shape index (κ3) is 4.50. The van der Waals surface area contributed by atoms with Crippen LogP contribution in [-0.4, -0.2) is 41.0 Å². The standard InChI is InChI=1S/C17H25ClN2O3/c1-10(2)15(23-17(22)14-6-13(18)7-19-14)16(21)20-8-11(3)5-12(4)9-20/h6-7,10-12,15,19H,5,8-9H2,1-4H3. The summed E-state index contributed by atoms with van der Waals surface area (Å²) in [4.78, 5) is 29.6. The number of likely N-dealkylation sites (tertiary alicyclic amines) is 1. The average molecular weight is 341 g/mol. The number of rotatable bonds is 4. The Labute approximate surface area is 142 Å². The van der Waals surface area contributed by atoms with Crippen LogP contribution in [-0.2, 0) is 9.53 Å². The molecule has 3 atom stereocenters. The van der Waals surface area contributed by atoms with Crippen LogP contribution in [0.4, 0.5) is 0 Å². The highest BCUT2D eigenvalue weighted by Gasteiger charge is 2.34. The molecule has 1 aromatic rings. The van der Waals surface area contributed by atoms with E-state index in [1.807, 2.05) is 18.7 Å². The summed E-state index contributed by atoms with van der Waals surface area (Å²) in [7, 11) is 0. The Balaban J connectivity index is 2.08. The Bertz CT molecular complexity index is 560. The number of nitrogens with one attached hydrogen (secondary N) is 1. The number of H-pyrrole nitrogens is 1. The molecule has 1 aliphatic rings. The Morgan fingerprint density at radius 3 is 2.39 bits per heavy atom. The van der Waals surface area contributed by atoms with E-state index in [9.17, 15) is 9.59 Å². The van der Waals surface area contributed by atoms with Gasteiger partial charge < -0.3 is 14.6 Å². The third-order valence-electron chi connectivity index (χ3n) is 4.13. The SMILES string of the molecule is CC1CC(C)CN(C(=O)C(OC(=O)c2cc(Cl)c[nH]2)C(C)C)C1. The van der Waals surface area contributed by atoms with E-state index in [1.165, 1.54) is 12.3 Å². The van der Waals surface area contributed by atoms with Gasteiger partial charge in [-0.05, 0) is 30.2 Å². The van der Waals surface area contributed by atoms with Gasteiger partial charge in [-0.2, -0.15) is 0 Å². The lowest BCUT2D eigenvalue weighted by molar-refractivity contribution is -0.145. The summed E-state index contributed by atoms with van der Waals surface area (Å²) in [6.07, 6.45) is 1.86. The van der Waals surface area contributed by atoms with Crippen molar-refractivity contribution in [3.8, 4) is 0 Å². The number of hydrogen-bond donors (Lipinski definition) is 1. The van der Waals surface area contributed by atoms with Gasteiger partial charge in [0, 0.05) is 19.3 Å². The molecule has 0 bridgehead atoms. The van der Waals surface area contributed by atoms with Gasteiger partial charge in [0.25, 0.3) is 5.91 Å². The maximum atomic E-state index is 12.8. The lowest BCUT2D eigenvalue weighted by Gasteiger charge is -2.37. The van der Waals surface area contributed by atoms with E-state index < -0.39 is 12.1 Å². The van der Waals surface area contributed by atoms with Crippen molar-refractivity contribution in [1.82, 2.24) is 9.88 Å². The van der Waals surface area contributed by atoms with Crippen LogP contribution in [0.15, 0.2) is 12.3 Å². The molecule has 0 radical (unpaired) electrons. The molecule has 1 aromatic heterocycles. The van der Waals surface area contributed by atoms with Crippen molar-refractivity contribution in [2.75, 3.05) is 13.1 Å². The van der Waals surface area contributed by atoms with Gasteiger partial charge in [-0.1, -0.05) is 39.3 Å². The minimum atomic E-state index is -0.776. The van der Waals surface area contributed by atoms with Gasteiger partial charge in [0.05, 0.1) is 5.02 Å². The first-order valence-corrected chi connectivity index (χ1v) is 8.49. The minimum absolute atomic E-state index is 0.0931. The first-order chi connectivity index (χ1) is 10.8. The van der Waals surface area contributed by atoms with Gasteiger partial charge >= 0.3 is 5.97 Å². The number of halogens is 1. The Kier molecular flexibility index (Phi) is 5.74. The molecule has 128 valence electrons. The molecule has 5 nitrogen and oxygen atoms in total. The lowest BCUT2D eigenvalue weighted by atomic mass is 9.91. The number of aromatic nitrogens is 1. The Morgan fingerprint density at radius 1 is 1.30 bits per heavy atom. The van der Waals surface area contributed by atoms with Gasteiger partial charge in [-0.15, -0.1) is 0 Å². The smallest absolute Gasteiger partial charge is 0.355 e. The average Bonchev–Trinajstić information content (AvgIpc) is 2.89. The molecule has 2 rings (SSSR count). The van der Waals surface area contributed by atoms with Crippen molar-refractivity contribution in [2.45, 2.75) is 40.2 Å². The van der Waals surface area contributed by atoms with Crippen molar-refractivity contribution in [1.29, 1.82) is 0 Å². The quantitative estimate of drug-likeness (QED) is 0.855. The fourth-order valence-electron chi connectivity index (χ4n) is 3.16. The summed E-state index contributed by atoms with van der Waals surface area (Å²) in [5.74, 6) is 0.178. The van der Waals surface area contributed by atoms with Crippen molar-refractivity contribution >= 4 is 23.5 Å². The highest BCUT2D eigenvalue weighted by atomic mass is 35.5. The zero-order chi connectivity index (χ0) is 17.1. The predicted octanol–water partition coefficient (Wildman–Crippen LogP) is 3.35. The topological polar surface area (TPSA) is 62.4 Å². The second kappa shape index (κ2) is 7.39. The maximum absolute atomic E-state index is 12.8. The highest BCUT2D eigenvalue weighted by molar-refractivity contribution is 6.30. The fraction of sp³-hybridized carbons (Fsp3) is 0.647. The molecule has 23 heavy (non-hydrogen) atoms. The van der Waals surface area contributed by atoms with Gasteiger partial charge in [-0.3, -0.25) is 4.79 Å². The van der Waals surface area contributed by atoms with Crippen LogP contribution < -0.4 is 0 Å².